The first kappa shape index (κ1) is 18.0. The Labute approximate surface area is 149 Å². The average molecular weight is 392 g/mol. The minimum Gasteiger partial charge on any atom is -0.496 e. The maximum atomic E-state index is 12.5. The number of methoxy groups -OCH3 is 2. The molecule has 1 N–H and O–H groups in total. The molecule has 0 fully saturated rings. The Balaban J connectivity index is 2.16. The number of esters is 1. The third kappa shape index (κ3) is 4.58. The quantitative estimate of drug-likeness (QED) is 0.768. The first-order valence-electron chi connectivity index (χ1n) is 7.31. The van der Waals surface area contributed by atoms with Gasteiger partial charge in [-0.1, -0.05) is 30.3 Å². The van der Waals surface area contributed by atoms with Gasteiger partial charge in [0.05, 0.1) is 18.7 Å². The van der Waals surface area contributed by atoms with Gasteiger partial charge in [0, 0.05) is 12.0 Å². The number of hydrogen-bond acceptors (Lipinski definition) is 4. The Morgan fingerprint density at radius 3 is 2.46 bits per heavy atom. The zero-order valence-electron chi connectivity index (χ0n) is 13.4. The van der Waals surface area contributed by atoms with Crippen molar-refractivity contribution in [2.75, 3.05) is 14.2 Å². The van der Waals surface area contributed by atoms with Crippen molar-refractivity contribution in [3.8, 4) is 5.75 Å². The highest BCUT2D eigenvalue weighted by molar-refractivity contribution is 9.10. The van der Waals surface area contributed by atoms with Gasteiger partial charge in [0.1, 0.15) is 11.8 Å². The average Bonchev–Trinajstić information content (AvgIpc) is 2.61. The highest BCUT2D eigenvalue weighted by Crippen LogP contribution is 2.25. The maximum Gasteiger partial charge on any atom is 0.328 e. The summed E-state index contributed by atoms with van der Waals surface area (Å²) >= 11 is 3.34. The summed E-state index contributed by atoms with van der Waals surface area (Å²) < 4.78 is 10.7. The number of rotatable bonds is 6. The van der Waals surface area contributed by atoms with Crippen LogP contribution in [0.1, 0.15) is 15.9 Å². The van der Waals surface area contributed by atoms with E-state index in [1.165, 1.54) is 14.2 Å². The van der Waals surface area contributed by atoms with Crippen LogP contribution in [-0.4, -0.2) is 32.1 Å². The van der Waals surface area contributed by atoms with Crippen LogP contribution in [0.4, 0.5) is 0 Å². The van der Waals surface area contributed by atoms with Crippen molar-refractivity contribution < 1.29 is 19.1 Å². The molecule has 2 rings (SSSR count). The fourth-order valence-corrected chi connectivity index (χ4v) is 2.64. The predicted octanol–water partition coefficient (Wildman–Crippen LogP) is 2.97. The molecular formula is C18H18BrNO4. The fourth-order valence-electron chi connectivity index (χ4n) is 2.23. The van der Waals surface area contributed by atoms with E-state index in [1.807, 2.05) is 30.3 Å². The lowest BCUT2D eigenvalue weighted by Crippen LogP contribution is -2.43. The largest absolute Gasteiger partial charge is 0.496 e. The SMILES string of the molecule is COC(=O)C(Cc1ccccc1)NC(=O)c1ccc(Br)c(OC)c1. The van der Waals surface area contributed by atoms with Crippen molar-refractivity contribution in [3.63, 3.8) is 0 Å². The second-order valence-corrected chi connectivity index (χ2v) is 5.94. The number of halogens is 1. The first-order chi connectivity index (χ1) is 11.5. The highest BCUT2D eigenvalue weighted by Gasteiger charge is 2.23. The monoisotopic (exact) mass is 391 g/mol. The molecule has 0 radical (unpaired) electrons. The van der Waals surface area contributed by atoms with E-state index in [-0.39, 0.29) is 5.91 Å². The fraction of sp³-hybridized carbons (Fsp3) is 0.222. The van der Waals surface area contributed by atoms with Crippen molar-refractivity contribution in [1.29, 1.82) is 0 Å². The molecule has 6 heteroatoms. The van der Waals surface area contributed by atoms with E-state index in [0.717, 1.165) is 10.0 Å². The molecular weight excluding hydrogens is 374 g/mol. The second-order valence-electron chi connectivity index (χ2n) is 5.09. The summed E-state index contributed by atoms with van der Waals surface area (Å²) in [6.07, 6.45) is 0.354. The number of carbonyl (C=O) groups is 2. The molecule has 24 heavy (non-hydrogen) atoms. The molecule has 5 nitrogen and oxygen atoms in total. The van der Waals surface area contributed by atoms with Gasteiger partial charge >= 0.3 is 5.97 Å². The smallest absolute Gasteiger partial charge is 0.328 e. The molecule has 0 saturated carbocycles. The van der Waals surface area contributed by atoms with Crippen molar-refractivity contribution in [1.82, 2.24) is 5.32 Å². The molecule has 1 unspecified atom stereocenters. The minimum absolute atomic E-state index is 0.354. The highest BCUT2D eigenvalue weighted by atomic mass is 79.9. The van der Waals surface area contributed by atoms with Crippen molar-refractivity contribution in [2.45, 2.75) is 12.5 Å². The van der Waals surface area contributed by atoms with Crippen molar-refractivity contribution >= 4 is 27.8 Å². The number of nitrogens with one attached hydrogen (secondary N) is 1. The summed E-state index contributed by atoms with van der Waals surface area (Å²) in [5.41, 5.74) is 1.33. The van der Waals surface area contributed by atoms with Gasteiger partial charge in [0.2, 0.25) is 0 Å². The number of benzene rings is 2. The Hall–Kier alpha value is -2.34. The predicted molar refractivity (Wildman–Crippen MR) is 94.1 cm³/mol. The summed E-state index contributed by atoms with van der Waals surface area (Å²) in [6, 6.07) is 13.7. The van der Waals surface area contributed by atoms with Crippen LogP contribution in [0.25, 0.3) is 0 Å². The molecule has 0 aromatic heterocycles. The zero-order valence-corrected chi connectivity index (χ0v) is 15.0. The lowest BCUT2D eigenvalue weighted by molar-refractivity contribution is -0.142. The summed E-state index contributed by atoms with van der Waals surface area (Å²) in [5, 5.41) is 2.72. The molecule has 2 aromatic rings. The molecule has 0 spiro atoms. The molecule has 0 heterocycles. The van der Waals surface area contributed by atoms with Gasteiger partial charge in [-0.3, -0.25) is 4.79 Å². The van der Waals surface area contributed by atoms with Gasteiger partial charge in [-0.2, -0.15) is 0 Å². The molecule has 0 saturated heterocycles. The standard InChI is InChI=1S/C18H18BrNO4/c1-23-16-11-13(8-9-14(16)19)17(21)20-15(18(22)24-2)10-12-6-4-3-5-7-12/h3-9,11,15H,10H2,1-2H3,(H,20,21). The van der Waals surface area contributed by atoms with Crippen molar-refractivity contribution in [3.05, 3.63) is 64.1 Å². The van der Waals surface area contributed by atoms with Crippen LogP contribution in [0, 0.1) is 0 Å². The molecule has 1 atom stereocenters. The number of amides is 1. The van der Waals surface area contributed by atoms with Gasteiger partial charge in [-0.05, 0) is 39.7 Å². The van der Waals surface area contributed by atoms with E-state index >= 15 is 0 Å². The van der Waals surface area contributed by atoms with E-state index in [2.05, 4.69) is 21.2 Å². The number of ether oxygens (including phenoxy) is 2. The molecule has 0 aliphatic rings. The lowest BCUT2D eigenvalue weighted by Gasteiger charge is -2.17. The molecule has 1 amide bonds. The van der Waals surface area contributed by atoms with Gasteiger partial charge in [0.15, 0.2) is 0 Å². The van der Waals surface area contributed by atoms with Crippen LogP contribution in [0.2, 0.25) is 0 Å². The zero-order chi connectivity index (χ0) is 17.5. The Morgan fingerprint density at radius 2 is 1.83 bits per heavy atom. The summed E-state index contributed by atoms with van der Waals surface area (Å²) in [6.45, 7) is 0. The summed E-state index contributed by atoms with van der Waals surface area (Å²) in [5.74, 6) is -0.316. The van der Waals surface area contributed by atoms with Gasteiger partial charge in [0.25, 0.3) is 5.91 Å². The van der Waals surface area contributed by atoms with E-state index in [1.54, 1.807) is 18.2 Å². The number of carbonyl (C=O) groups excluding carboxylic acids is 2. The second kappa shape index (κ2) is 8.49. The molecule has 126 valence electrons. The Morgan fingerprint density at radius 1 is 1.12 bits per heavy atom. The van der Waals surface area contributed by atoms with Gasteiger partial charge in [-0.25, -0.2) is 4.79 Å². The Kier molecular flexibility index (Phi) is 6.37. The molecule has 0 aliphatic carbocycles. The molecule has 0 aliphatic heterocycles. The molecule has 0 bridgehead atoms. The summed E-state index contributed by atoms with van der Waals surface area (Å²) in [7, 11) is 2.82. The van der Waals surface area contributed by atoms with E-state index in [9.17, 15) is 9.59 Å². The van der Waals surface area contributed by atoms with E-state index < -0.39 is 12.0 Å². The normalized spacial score (nSPS) is 11.5. The van der Waals surface area contributed by atoms with Gasteiger partial charge in [-0.15, -0.1) is 0 Å². The summed E-state index contributed by atoms with van der Waals surface area (Å²) in [4.78, 5) is 24.4. The maximum absolute atomic E-state index is 12.5. The van der Waals surface area contributed by atoms with E-state index in [0.29, 0.717) is 17.7 Å². The van der Waals surface area contributed by atoms with Crippen LogP contribution in [0.3, 0.4) is 0 Å². The van der Waals surface area contributed by atoms with Crippen LogP contribution in [0.15, 0.2) is 53.0 Å². The third-order valence-electron chi connectivity index (χ3n) is 3.49. The Bertz CT molecular complexity index is 718. The topological polar surface area (TPSA) is 64.6 Å². The van der Waals surface area contributed by atoms with E-state index in [4.69, 9.17) is 9.47 Å². The van der Waals surface area contributed by atoms with Gasteiger partial charge < -0.3 is 14.8 Å². The van der Waals surface area contributed by atoms with Crippen molar-refractivity contribution in [2.24, 2.45) is 0 Å². The third-order valence-corrected chi connectivity index (χ3v) is 4.14. The van der Waals surface area contributed by atoms with Crippen LogP contribution < -0.4 is 10.1 Å². The minimum atomic E-state index is -0.764. The van der Waals surface area contributed by atoms with Crippen LogP contribution in [0.5, 0.6) is 5.75 Å². The lowest BCUT2D eigenvalue weighted by atomic mass is 10.1. The first-order valence-corrected chi connectivity index (χ1v) is 8.10. The van der Waals surface area contributed by atoms with Crippen LogP contribution in [-0.2, 0) is 16.0 Å². The molecule has 2 aromatic carbocycles. The van der Waals surface area contributed by atoms with Crippen LogP contribution >= 0.6 is 15.9 Å². The number of hydrogen-bond donors (Lipinski definition) is 1.